The van der Waals surface area contributed by atoms with E-state index in [9.17, 15) is 18.0 Å². The number of urea groups is 1. The van der Waals surface area contributed by atoms with Gasteiger partial charge in [-0.2, -0.15) is 4.33 Å². The number of carbonyl (C=O) groups excluding carboxylic acids is 1. The van der Waals surface area contributed by atoms with E-state index in [2.05, 4.69) is 10.2 Å². The van der Waals surface area contributed by atoms with Crippen LogP contribution in [-0.4, -0.2) is 26.1 Å². The zero-order chi connectivity index (χ0) is 24.3. The van der Waals surface area contributed by atoms with Gasteiger partial charge < -0.3 is 5.32 Å². The molecule has 4 rings (SSSR count). The minimum absolute atomic E-state index is 0.0750. The van der Waals surface area contributed by atoms with Crippen LogP contribution in [-0.2, 0) is 19.2 Å². The van der Waals surface area contributed by atoms with Crippen LogP contribution < -0.4 is 15.6 Å². The van der Waals surface area contributed by atoms with E-state index in [4.69, 9.17) is 15.9 Å². The first kappa shape index (κ1) is 24.3. The van der Waals surface area contributed by atoms with Crippen molar-refractivity contribution in [2.45, 2.75) is 9.10 Å². The average molecular weight is 538 g/mol. The zero-order valence-corrected chi connectivity index (χ0v) is 20.6. The summed E-state index contributed by atoms with van der Waals surface area (Å²) in [4.78, 5) is 30.5. The quantitative estimate of drug-likeness (QED) is 0.197. The molecule has 2 heterocycles. The van der Waals surface area contributed by atoms with Gasteiger partial charge in [-0.05, 0) is 60.0 Å². The standard InChI is InChI=1S/C21H16ClN3O6S3/c1-30-31-33-16-7-2-13-10-11-25(20(26)17(13)12-16)15-5-3-14(4-6-15)23-21(27)24-34(28,29)19-9-8-18(22)32-19/h2-12H,1H3,(H2,23,24,27). The van der Waals surface area contributed by atoms with Gasteiger partial charge in [0.25, 0.3) is 15.6 Å². The molecule has 0 atom stereocenters. The summed E-state index contributed by atoms with van der Waals surface area (Å²) in [6, 6.07) is 15.3. The number of benzene rings is 2. The number of nitrogens with one attached hydrogen (secondary N) is 2. The molecule has 176 valence electrons. The second kappa shape index (κ2) is 10.2. The van der Waals surface area contributed by atoms with Crippen LogP contribution in [0.1, 0.15) is 0 Å². The largest absolute Gasteiger partial charge is 0.333 e. The molecule has 2 N–H and O–H groups in total. The van der Waals surface area contributed by atoms with Gasteiger partial charge in [-0.25, -0.2) is 22.8 Å². The van der Waals surface area contributed by atoms with E-state index in [0.717, 1.165) is 28.8 Å². The molecule has 0 saturated carbocycles. The summed E-state index contributed by atoms with van der Waals surface area (Å²) in [7, 11) is -2.65. The predicted molar refractivity (Wildman–Crippen MR) is 132 cm³/mol. The van der Waals surface area contributed by atoms with E-state index in [-0.39, 0.29) is 9.77 Å². The number of pyridine rings is 1. The molecule has 0 bridgehead atoms. The summed E-state index contributed by atoms with van der Waals surface area (Å²) in [6.07, 6.45) is 1.65. The van der Waals surface area contributed by atoms with Gasteiger partial charge in [0.15, 0.2) is 0 Å². The third-order valence-corrected chi connectivity index (χ3v) is 8.22. The van der Waals surface area contributed by atoms with Crippen LogP contribution in [0.2, 0.25) is 4.34 Å². The molecule has 13 heteroatoms. The number of sulfonamides is 1. The molecule has 2 amide bonds. The van der Waals surface area contributed by atoms with Gasteiger partial charge in [0, 0.05) is 27.9 Å². The van der Waals surface area contributed by atoms with E-state index in [1.54, 1.807) is 36.5 Å². The van der Waals surface area contributed by atoms with E-state index in [1.807, 2.05) is 22.9 Å². The highest BCUT2D eigenvalue weighted by atomic mass is 35.5. The Morgan fingerprint density at radius 2 is 1.85 bits per heavy atom. The van der Waals surface area contributed by atoms with E-state index in [0.29, 0.717) is 26.0 Å². The van der Waals surface area contributed by atoms with Crippen LogP contribution in [0.5, 0.6) is 0 Å². The van der Waals surface area contributed by atoms with Gasteiger partial charge in [-0.3, -0.25) is 9.36 Å². The van der Waals surface area contributed by atoms with Crippen LogP contribution in [0, 0.1) is 0 Å². The average Bonchev–Trinajstić information content (AvgIpc) is 3.26. The molecule has 0 radical (unpaired) electrons. The van der Waals surface area contributed by atoms with Crippen molar-refractivity contribution in [3.8, 4) is 5.69 Å². The number of thiophene rings is 1. The predicted octanol–water partition coefficient (Wildman–Crippen LogP) is 4.80. The molecular formula is C21H16ClN3O6S3. The summed E-state index contributed by atoms with van der Waals surface area (Å²) < 4.78 is 32.9. The van der Waals surface area contributed by atoms with Crippen molar-refractivity contribution in [2.24, 2.45) is 0 Å². The molecule has 2 aromatic carbocycles. The van der Waals surface area contributed by atoms with Crippen LogP contribution in [0.15, 0.2) is 80.8 Å². The fourth-order valence-electron chi connectivity index (χ4n) is 3.02. The summed E-state index contributed by atoms with van der Waals surface area (Å²) >= 11 is 7.59. The number of aromatic nitrogens is 1. The molecule has 0 aliphatic rings. The van der Waals surface area contributed by atoms with Crippen molar-refractivity contribution in [1.29, 1.82) is 0 Å². The third-order valence-electron chi connectivity index (χ3n) is 4.52. The molecule has 0 fully saturated rings. The van der Waals surface area contributed by atoms with Gasteiger partial charge in [-0.1, -0.05) is 17.7 Å². The van der Waals surface area contributed by atoms with E-state index < -0.39 is 16.1 Å². The minimum atomic E-state index is -4.04. The van der Waals surface area contributed by atoms with Crippen molar-refractivity contribution < 1.29 is 22.4 Å². The van der Waals surface area contributed by atoms with Gasteiger partial charge >= 0.3 is 6.03 Å². The fourth-order valence-corrected chi connectivity index (χ4v) is 5.85. The lowest BCUT2D eigenvalue weighted by molar-refractivity contribution is -0.160. The molecule has 4 aromatic rings. The monoisotopic (exact) mass is 537 g/mol. The number of amides is 2. The normalized spacial score (nSPS) is 11.5. The number of nitrogens with zero attached hydrogens (tertiary/aromatic N) is 1. The number of halogens is 1. The maximum Gasteiger partial charge on any atom is 0.333 e. The Morgan fingerprint density at radius 1 is 1.09 bits per heavy atom. The van der Waals surface area contributed by atoms with Crippen molar-refractivity contribution in [3.05, 3.63) is 81.6 Å². The number of fused-ring (bicyclic) bond motifs is 1. The lowest BCUT2D eigenvalue weighted by Gasteiger charge is -2.10. The SMILES string of the molecule is COOSc1ccc2ccn(-c3ccc(NC(=O)NS(=O)(=O)c4ccc(Cl)s4)cc3)c(=O)c2c1. The second-order valence-electron chi connectivity index (χ2n) is 6.72. The third kappa shape index (κ3) is 5.43. The van der Waals surface area contributed by atoms with Gasteiger partial charge in [0.2, 0.25) is 0 Å². The van der Waals surface area contributed by atoms with Crippen molar-refractivity contribution in [1.82, 2.24) is 9.29 Å². The highest BCUT2D eigenvalue weighted by Gasteiger charge is 2.19. The molecule has 0 unspecified atom stereocenters. The first-order valence-corrected chi connectivity index (χ1v) is 12.9. The van der Waals surface area contributed by atoms with Crippen LogP contribution >= 0.6 is 35.0 Å². The molecule has 0 spiro atoms. The molecule has 2 aromatic heterocycles. The number of rotatable bonds is 7. The fraction of sp³-hybridized carbons (Fsp3) is 0.0476. The van der Waals surface area contributed by atoms with Crippen molar-refractivity contribution >= 4 is 67.5 Å². The molecule has 0 saturated heterocycles. The molecule has 9 nitrogen and oxygen atoms in total. The summed E-state index contributed by atoms with van der Waals surface area (Å²) in [5.74, 6) is 0. The minimum Gasteiger partial charge on any atom is -0.307 e. The zero-order valence-electron chi connectivity index (χ0n) is 17.4. The smallest absolute Gasteiger partial charge is 0.307 e. The highest BCUT2D eigenvalue weighted by Crippen LogP contribution is 2.26. The lowest BCUT2D eigenvalue weighted by atomic mass is 10.1. The number of hydrogen-bond donors (Lipinski definition) is 2. The van der Waals surface area contributed by atoms with E-state index in [1.165, 1.54) is 23.8 Å². The maximum atomic E-state index is 13.0. The summed E-state index contributed by atoms with van der Waals surface area (Å²) in [5.41, 5.74) is 0.659. The molecular weight excluding hydrogens is 522 g/mol. The van der Waals surface area contributed by atoms with E-state index >= 15 is 0 Å². The summed E-state index contributed by atoms with van der Waals surface area (Å²) in [6.45, 7) is 0. The molecule has 34 heavy (non-hydrogen) atoms. The van der Waals surface area contributed by atoms with Crippen LogP contribution in [0.4, 0.5) is 10.5 Å². The first-order valence-electron chi connectivity index (χ1n) is 9.49. The Bertz CT molecular complexity index is 1520. The maximum absolute atomic E-state index is 13.0. The Morgan fingerprint density at radius 3 is 2.53 bits per heavy atom. The Kier molecular flexibility index (Phi) is 7.26. The second-order valence-corrected chi connectivity index (χ2v) is 11.1. The topological polar surface area (TPSA) is 116 Å². The van der Waals surface area contributed by atoms with Crippen LogP contribution in [0.3, 0.4) is 0 Å². The van der Waals surface area contributed by atoms with Gasteiger partial charge in [-0.15, -0.1) is 11.3 Å². The summed E-state index contributed by atoms with van der Waals surface area (Å²) in [5, 5.41) is 3.71. The molecule has 0 aliphatic carbocycles. The number of anilines is 1. The Balaban J connectivity index is 1.51. The van der Waals surface area contributed by atoms with Gasteiger partial charge in [0.1, 0.15) is 4.21 Å². The molecule has 0 aliphatic heterocycles. The first-order chi connectivity index (χ1) is 16.3. The number of carbonyl (C=O) groups is 1. The van der Waals surface area contributed by atoms with Crippen molar-refractivity contribution in [2.75, 3.05) is 12.4 Å². The van der Waals surface area contributed by atoms with Gasteiger partial charge in [0.05, 0.1) is 23.5 Å². The lowest BCUT2D eigenvalue weighted by Crippen LogP contribution is -2.33. The highest BCUT2D eigenvalue weighted by molar-refractivity contribution is 7.94. The number of hydrogen-bond acceptors (Lipinski definition) is 8. The van der Waals surface area contributed by atoms with Crippen LogP contribution in [0.25, 0.3) is 16.5 Å². The Hall–Kier alpha value is -2.87. The Labute approximate surface area is 207 Å². The van der Waals surface area contributed by atoms with Crippen molar-refractivity contribution in [3.63, 3.8) is 0 Å².